The van der Waals surface area contributed by atoms with Crippen molar-refractivity contribution in [3.8, 4) is 0 Å². The van der Waals surface area contributed by atoms with E-state index in [9.17, 15) is 4.79 Å². The number of aromatic nitrogens is 2. The second kappa shape index (κ2) is 9.29. The van der Waals surface area contributed by atoms with Crippen LogP contribution in [-0.2, 0) is 11.3 Å². The molecule has 2 aliphatic heterocycles. The fourth-order valence-corrected chi connectivity index (χ4v) is 5.28. The third-order valence-corrected chi connectivity index (χ3v) is 6.97. The summed E-state index contributed by atoms with van der Waals surface area (Å²) in [6.45, 7) is 12.0. The van der Waals surface area contributed by atoms with E-state index in [2.05, 4.69) is 15.7 Å². The molecule has 168 valence electrons. The Balaban J connectivity index is 1.42. The van der Waals surface area contributed by atoms with Gasteiger partial charge in [-0.2, -0.15) is 0 Å². The van der Waals surface area contributed by atoms with Gasteiger partial charge in [0.2, 0.25) is 0 Å². The maximum Gasteiger partial charge on any atom is 0.410 e. The highest BCUT2D eigenvalue weighted by atomic mass is 16.6. The minimum Gasteiger partial charge on any atom is -0.444 e. The molecule has 3 heterocycles. The fourth-order valence-electron chi connectivity index (χ4n) is 5.28. The molecule has 0 atom stereocenters. The largest absolute Gasteiger partial charge is 0.444 e. The minimum atomic E-state index is -0.435. The van der Waals surface area contributed by atoms with E-state index in [0.717, 1.165) is 39.0 Å². The average Bonchev–Trinajstić information content (AvgIpc) is 3.46. The summed E-state index contributed by atoms with van der Waals surface area (Å²) in [6, 6.07) is 0. The van der Waals surface area contributed by atoms with Gasteiger partial charge in [-0.3, -0.25) is 0 Å². The number of rotatable bonds is 5. The van der Waals surface area contributed by atoms with Crippen molar-refractivity contribution in [2.45, 2.75) is 96.1 Å². The minimum absolute atomic E-state index is 0.176. The van der Waals surface area contributed by atoms with Crippen LogP contribution in [0.15, 0.2) is 6.20 Å². The van der Waals surface area contributed by atoms with E-state index < -0.39 is 5.60 Å². The predicted molar refractivity (Wildman–Crippen MR) is 119 cm³/mol. The van der Waals surface area contributed by atoms with Gasteiger partial charge >= 0.3 is 6.09 Å². The number of hydrogen-bond acceptors (Lipinski definition) is 4. The number of carbonyl (C=O) groups excluding carboxylic acids is 1. The van der Waals surface area contributed by atoms with Crippen LogP contribution in [0.25, 0.3) is 0 Å². The normalized spacial score (nSPS) is 22.2. The van der Waals surface area contributed by atoms with Crippen LogP contribution in [0.1, 0.15) is 95.5 Å². The molecule has 2 saturated heterocycles. The van der Waals surface area contributed by atoms with Crippen LogP contribution in [-0.4, -0.2) is 63.8 Å². The van der Waals surface area contributed by atoms with Crippen LogP contribution in [0.4, 0.5) is 4.79 Å². The Morgan fingerprint density at radius 2 is 1.63 bits per heavy atom. The van der Waals surface area contributed by atoms with Gasteiger partial charge in [-0.1, -0.05) is 12.8 Å². The van der Waals surface area contributed by atoms with Crippen LogP contribution in [0.2, 0.25) is 0 Å². The van der Waals surface area contributed by atoms with E-state index >= 15 is 0 Å². The van der Waals surface area contributed by atoms with Crippen LogP contribution < -0.4 is 0 Å². The van der Waals surface area contributed by atoms with E-state index in [1.165, 1.54) is 63.1 Å². The second-order valence-electron chi connectivity index (χ2n) is 10.5. The lowest BCUT2D eigenvalue weighted by atomic mass is 9.96. The molecule has 6 heteroatoms. The molecule has 1 aromatic rings. The lowest BCUT2D eigenvalue weighted by Gasteiger charge is -2.33. The van der Waals surface area contributed by atoms with E-state index in [-0.39, 0.29) is 6.09 Å². The van der Waals surface area contributed by atoms with Crippen molar-refractivity contribution in [3.63, 3.8) is 0 Å². The zero-order valence-electron chi connectivity index (χ0n) is 19.2. The zero-order chi connectivity index (χ0) is 21.1. The standard InChI is InChI=1S/C24H40N4O2/c1-24(2,3)30-23(29)27-14-10-20(11-15-27)22-25-21(19-8-4-5-9-19)18-28(22)17-16-26-12-6-7-13-26/h18-20H,4-17H2,1-3H3. The quantitative estimate of drug-likeness (QED) is 0.695. The molecule has 1 saturated carbocycles. The highest BCUT2D eigenvalue weighted by Gasteiger charge is 2.31. The topological polar surface area (TPSA) is 50.6 Å². The van der Waals surface area contributed by atoms with Gasteiger partial charge in [-0.05, 0) is 72.4 Å². The Morgan fingerprint density at radius 1 is 0.967 bits per heavy atom. The van der Waals surface area contributed by atoms with E-state index in [1.807, 2.05) is 25.7 Å². The molecule has 0 bridgehead atoms. The van der Waals surface area contributed by atoms with Crippen molar-refractivity contribution in [2.24, 2.45) is 0 Å². The van der Waals surface area contributed by atoms with Crippen molar-refractivity contribution < 1.29 is 9.53 Å². The Hall–Kier alpha value is -1.56. The first-order valence-electron chi connectivity index (χ1n) is 12.2. The Bertz CT molecular complexity index is 703. The highest BCUT2D eigenvalue weighted by molar-refractivity contribution is 5.68. The summed E-state index contributed by atoms with van der Waals surface area (Å²) >= 11 is 0. The molecule has 1 aromatic heterocycles. The molecule has 0 unspecified atom stereocenters. The first-order valence-corrected chi connectivity index (χ1v) is 12.2. The van der Waals surface area contributed by atoms with Gasteiger partial charge in [0.05, 0.1) is 5.69 Å². The molecular weight excluding hydrogens is 376 g/mol. The third kappa shape index (κ3) is 5.37. The average molecular weight is 417 g/mol. The molecule has 0 spiro atoms. The molecule has 1 amide bonds. The molecule has 3 aliphatic rings. The Kier molecular flexibility index (Phi) is 6.71. The Labute approximate surface area is 182 Å². The second-order valence-corrected chi connectivity index (χ2v) is 10.5. The summed E-state index contributed by atoms with van der Waals surface area (Å²) < 4.78 is 8.03. The van der Waals surface area contributed by atoms with E-state index in [4.69, 9.17) is 9.72 Å². The van der Waals surface area contributed by atoms with Gasteiger partial charge in [-0.25, -0.2) is 9.78 Å². The molecule has 30 heavy (non-hydrogen) atoms. The smallest absolute Gasteiger partial charge is 0.410 e. The molecule has 1 aliphatic carbocycles. The number of piperidine rings is 1. The molecule has 0 radical (unpaired) electrons. The maximum atomic E-state index is 12.4. The first-order chi connectivity index (χ1) is 14.4. The zero-order valence-corrected chi connectivity index (χ0v) is 19.2. The Morgan fingerprint density at radius 3 is 2.27 bits per heavy atom. The van der Waals surface area contributed by atoms with Crippen LogP contribution >= 0.6 is 0 Å². The van der Waals surface area contributed by atoms with Gasteiger partial charge in [0.1, 0.15) is 11.4 Å². The van der Waals surface area contributed by atoms with Crippen LogP contribution in [0, 0.1) is 0 Å². The van der Waals surface area contributed by atoms with Crippen molar-refractivity contribution >= 4 is 6.09 Å². The summed E-state index contributed by atoms with van der Waals surface area (Å²) in [5.41, 5.74) is 0.883. The van der Waals surface area contributed by atoms with Crippen molar-refractivity contribution in [3.05, 3.63) is 17.7 Å². The summed E-state index contributed by atoms with van der Waals surface area (Å²) in [6.07, 6.45) is 12.1. The van der Waals surface area contributed by atoms with E-state index in [1.54, 1.807) is 0 Å². The molecule has 0 N–H and O–H groups in total. The highest BCUT2D eigenvalue weighted by Crippen LogP contribution is 2.36. The maximum absolute atomic E-state index is 12.4. The van der Waals surface area contributed by atoms with Crippen LogP contribution in [0.3, 0.4) is 0 Å². The molecule has 0 aromatic carbocycles. The summed E-state index contributed by atoms with van der Waals surface area (Å²) in [4.78, 5) is 22.1. The lowest BCUT2D eigenvalue weighted by molar-refractivity contribution is 0.0202. The predicted octanol–water partition coefficient (Wildman–Crippen LogP) is 4.75. The van der Waals surface area contributed by atoms with Gasteiger partial charge in [0, 0.05) is 44.2 Å². The van der Waals surface area contributed by atoms with Gasteiger partial charge in [0.15, 0.2) is 0 Å². The number of imidazole rings is 1. The number of hydrogen-bond donors (Lipinski definition) is 0. The SMILES string of the molecule is CC(C)(C)OC(=O)N1CCC(c2nc(C3CCCC3)cn2CCN2CCCC2)CC1. The number of nitrogens with zero attached hydrogens (tertiary/aromatic N) is 4. The fraction of sp³-hybridized carbons (Fsp3) is 0.833. The summed E-state index contributed by atoms with van der Waals surface area (Å²) in [7, 11) is 0. The number of carbonyl (C=O) groups is 1. The molecule has 4 rings (SSSR count). The number of amides is 1. The lowest BCUT2D eigenvalue weighted by Crippen LogP contribution is -2.41. The molecular formula is C24H40N4O2. The van der Waals surface area contributed by atoms with Gasteiger partial charge < -0.3 is 19.1 Å². The first kappa shape index (κ1) is 21.7. The number of ether oxygens (including phenoxy) is 1. The van der Waals surface area contributed by atoms with Crippen molar-refractivity contribution in [1.82, 2.24) is 19.4 Å². The van der Waals surface area contributed by atoms with Crippen LogP contribution in [0.5, 0.6) is 0 Å². The van der Waals surface area contributed by atoms with Crippen molar-refractivity contribution in [1.29, 1.82) is 0 Å². The third-order valence-electron chi connectivity index (χ3n) is 6.97. The number of likely N-dealkylation sites (tertiary alicyclic amines) is 2. The molecule has 6 nitrogen and oxygen atoms in total. The van der Waals surface area contributed by atoms with Gasteiger partial charge in [0.25, 0.3) is 0 Å². The van der Waals surface area contributed by atoms with Gasteiger partial charge in [-0.15, -0.1) is 0 Å². The molecule has 3 fully saturated rings. The van der Waals surface area contributed by atoms with Crippen molar-refractivity contribution in [2.75, 3.05) is 32.7 Å². The monoisotopic (exact) mass is 416 g/mol. The summed E-state index contributed by atoms with van der Waals surface area (Å²) in [5.74, 6) is 2.36. The van der Waals surface area contributed by atoms with E-state index in [0.29, 0.717) is 11.8 Å². The summed E-state index contributed by atoms with van der Waals surface area (Å²) in [5, 5.41) is 0.